The van der Waals surface area contributed by atoms with E-state index in [0.29, 0.717) is 17.9 Å². The molecule has 16 heavy (non-hydrogen) atoms. The lowest BCUT2D eigenvalue weighted by Crippen LogP contribution is -2.47. The normalized spacial score (nSPS) is 27.3. The van der Waals surface area contributed by atoms with Crippen molar-refractivity contribution in [2.75, 3.05) is 19.6 Å². The van der Waals surface area contributed by atoms with E-state index in [0.717, 1.165) is 32.5 Å². The monoisotopic (exact) mass is 224 g/mol. The van der Waals surface area contributed by atoms with Crippen LogP contribution in [0.2, 0.25) is 0 Å². The molecule has 2 rings (SSSR count). The minimum Gasteiger partial charge on any atom is -0.340 e. The van der Waals surface area contributed by atoms with Gasteiger partial charge in [0.25, 0.3) is 0 Å². The van der Waals surface area contributed by atoms with Gasteiger partial charge in [-0.3, -0.25) is 4.79 Å². The zero-order chi connectivity index (χ0) is 11.4. The molecule has 2 heterocycles. The number of amides is 1. The van der Waals surface area contributed by atoms with Crippen molar-refractivity contribution in [2.24, 2.45) is 5.92 Å². The molecular weight excluding hydrogens is 200 g/mol. The van der Waals surface area contributed by atoms with E-state index in [-0.39, 0.29) is 0 Å². The van der Waals surface area contributed by atoms with E-state index in [1.165, 1.54) is 25.7 Å². The summed E-state index contributed by atoms with van der Waals surface area (Å²) in [5.41, 5.74) is 0. The van der Waals surface area contributed by atoms with Crippen molar-refractivity contribution < 1.29 is 4.79 Å². The molecule has 0 bridgehead atoms. The number of nitrogens with one attached hydrogen (secondary N) is 1. The molecule has 0 spiro atoms. The highest BCUT2D eigenvalue weighted by Gasteiger charge is 2.27. The maximum atomic E-state index is 12.2. The topological polar surface area (TPSA) is 32.3 Å². The van der Waals surface area contributed by atoms with Crippen LogP contribution in [0.1, 0.15) is 45.4 Å². The van der Waals surface area contributed by atoms with Crippen LogP contribution in [0.4, 0.5) is 0 Å². The molecule has 1 N–H and O–H groups in total. The summed E-state index contributed by atoms with van der Waals surface area (Å²) < 4.78 is 0. The molecule has 1 amide bonds. The van der Waals surface area contributed by atoms with E-state index in [4.69, 9.17) is 0 Å². The predicted molar refractivity (Wildman–Crippen MR) is 65.2 cm³/mol. The van der Waals surface area contributed by atoms with E-state index in [9.17, 15) is 4.79 Å². The Kier molecular flexibility index (Phi) is 4.22. The highest BCUT2D eigenvalue weighted by molar-refractivity contribution is 5.77. The van der Waals surface area contributed by atoms with Crippen LogP contribution in [-0.2, 0) is 4.79 Å². The van der Waals surface area contributed by atoms with Crippen LogP contribution < -0.4 is 5.32 Å². The first-order valence-electron chi connectivity index (χ1n) is 6.81. The number of carbonyl (C=O) groups is 1. The van der Waals surface area contributed by atoms with Gasteiger partial charge in [0, 0.05) is 19.0 Å². The van der Waals surface area contributed by atoms with E-state index in [1.54, 1.807) is 0 Å². The Morgan fingerprint density at radius 2 is 2.12 bits per heavy atom. The fourth-order valence-electron chi connectivity index (χ4n) is 2.79. The minimum atomic E-state index is 0.403. The van der Waals surface area contributed by atoms with Gasteiger partial charge in [-0.1, -0.05) is 19.8 Å². The molecule has 0 aliphatic carbocycles. The van der Waals surface area contributed by atoms with E-state index >= 15 is 0 Å². The number of hydrogen-bond acceptors (Lipinski definition) is 2. The largest absolute Gasteiger partial charge is 0.340 e. The number of nitrogens with zero attached hydrogens (tertiary/aromatic N) is 1. The highest BCUT2D eigenvalue weighted by atomic mass is 16.2. The standard InChI is InChI=1S/C13H24N2O/c1-2-12-6-4-3-5-7-15(12)13(16)8-11-9-14-10-11/h11-12,14H,2-10H2,1H3. The second-order valence-corrected chi connectivity index (χ2v) is 5.23. The molecule has 0 aromatic rings. The Hall–Kier alpha value is -0.570. The van der Waals surface area contributed by atoms with Gasteiger partial charge in [-0.15, -0.1) is 0 Å². The Morgan fingerprint density at radius 3 is 2.75 bits per heavy atom. The molecule has 3 heteroatoms. The number of carbonyl (C=O) groups excluding carboxylic acids is 1. The van der Waals surface area contributed by atoms with E-state index < -0.39 is 0 Å². The molecule has 1 unspecified atom stereocenters. The van der Waals surface area contributed by atoms with E-state index in [1.807, 2.05) is 0 Å². The maximum Gasteiger partial charge on any atom is 0.223 e. The first-order valence-corrected chi connectivity index (χ1v) is 6.81. The van der Waals surface area contributed by atoms with Gasteiger partial charge in [0.15, 0.2) is 0 Å². The van der Waals surface area contributed by atoms with Crippen molar-refractivity contribution >= 4 is 5.91 Å². The second-order valence-electron chi connectivity index (χ2n) is 5.23. The van der Waals surface area contributed by atoms with Crippen molar-refractivity contribution in [1.29, 1.82) is 0 Å². The van der Waals surface area contributed by atoms with Crippen LogP contribution in [0, 0.1) is 5.92 Å². The SMILES string of the molecule is CCC1CCCCCN1C(=O)CC1CNC1. The van der Waals surface area contributed by atoms with Crippen LogP contribution in [0.3, 0.4) is 0 Å². The third kappa shape index (κ3) is 2.76. The average molecular weight is 224 g/mol. The van der Waals surface area contributed by atoms with E-state index in [2.05, 4.69) is 17.1 Å². The number of likely N-dealkylation sites (tertiary alicyclic amines) is 1. The van der Waals surface area contributed by atoms with Gasteiger partial charge in [0.2, 0.25) is 5.91 Å². The molecule has 3 nitrogen and oxygen atoms in total. The summed E-state index contributed by atoms with van der Waals surface area (Å²) in [7, 11) is 0. The molecular formula is C13H24N2O. The fraction of sp³-hybridized carbons (Fsp3) is 0.923. The van der Waals surface area contributed by atoms with Gasteiger partial charge in [-0.25, -0.2) is 0 Å². The molecule has 0 radical (unpaired) electrons. The molecule has 2 aliphatic rings. The summed E-state index contributed by atoms with van der Waals surface area (Å²) in [4.78, 5) is 14.4. The Balaban J connectivity index is 1.89. The van der Waals surface area contributed by atoms with Gasteiger partial charge >= 0.3 is 0 Å². The molecule has 0 aromatic heterocycles. The summed E-state index contributed by atoms with van der Waals surface area (Å²) in [6.07, 6.45) is 6.90. The minimum absolute atomic E-state index is 0.403. The zero-order valence-electron chi connectivity index (χ0n) is 10.4. The third-order valence-corrected chi connectivity index (χ3v) is 4.00. The van der Waals surface area contributed by atoms with Crippen LogP contribution >= 0.6 is 0 Å². The van der Waals surface area contributed by atoms with Crippen LogP contribution in [0.25, 0.3) is 0 Å². The lowest BCUT2D eigenvalue weighted by Gasteiger charge is -2.33. The van der Waals surface area contributed by atoms with Crippen LogP contribution in [-0.4, -0.2) is 36.5 Å². The average Bonchev–Trinajstić information content (AvgIpc) is 2.47. The number of hydrogen-bond donors (Lipinski definition) is 1. The Morgan fingerprint density at radius 1 is 1.31 bits per heavy atom. The van der Waals surface area contributed by atoms with Gasteiger partial charge in [0.1, 0.15) is 0 Å². The summed E-state index contributed by atoms with van der Waals surface area (Å²) >= 11 is 0. The van der Waals surface area contributed by atoms with Gasteiger partial charge in [-0.05, 0) is 38.3 Å². The van der Waals surface area contributed by atoms with Crippen molar-refractivity contribution in [3.05, 3.63) is 0 Å². The summed E-state index contributed by atoms with van der Waals surface area (Å²) in [6.45, 7) is 5.28. The molecule has 92 valence electrons. The van der Waals surface area contributed by atoms with Crippen molar-refractivity contribution in [1.82, 2.24) is 10.2 Å². The van der Waals surface area contributed by atoms with Gasteiger partial charge in [-0.2, -0.15) is 0 Å². The smallest absolute Gasteiger partial charge is 0.223 e. The quantitative estimate of drug-likeness (QED) is 0.792. The first kappa shape index (κ1) is 11.9. The number of rotatable bonds is 3. The van der Waals surface area contributed by atoms with Crippen molar-refractivity contribution in [3.63, 3.8) is 0 Å². The molecule has 2 aliphatic heterocycles. The Labute approximate surface area is 98.6 Å². The van der Waals surface area contributed by atoms with Gasteiger partial charge in [0.05, 0.1) is 0 Å². The molecule has 2 saturated heterocycles. The maximum absolute atomic E-state index is 12.2. The Bertz CT molecular complexity index is 238. The molecule has 0 aromatic carbocycles. The third-order valence-electron chi connectivity index (χ3n) is 4.00. The van der Waals surface area contributed by atoms with Crippen molar-refractivity contribution in [3.8, 4) is 0 Å². The summed E-state index contributed by atoms with van der Waals surface area (Å²) in [5.74, 6) is 1.01. The second kappa shape index (κ2) is 5.67. The highest BCUT2D eigenvalue weighted by Crippen LogP contribution is 2.21. The lowest BCUT2D eigenvalue weighted by molar-refractivity contribution is -0.135. The molecule has 2 fully saturated rings. The zero-order valence-corrected chi connectivity index (χ0v) is 10.4. The predicted octanol–water partition coefficient (Wildman–Crippen LogP) is 1.78. The first-order chi connectivity index (χ1) is 7.81. The molecule has 1 atom stereocenters. The van der Waals surface area contributed by atoms with Gasteiger partial charge < -0.3 is 10.2 Å². The fourth-order valence-corrected chi connectivity index (χ4v) is 2.79. The molecule has 0 saturated carbocycles. The lowest BCUT2D eigenvalue weighted by atomic mass is 9.98. The van der Waals surface area contributed by atoms with Crippen LogP contribution in [0.5, 0.6) is 0 Å². The van der Waals surface area contributed by atoms with Crippen molar-refractivity contribution in [2.45, 2.75) is 51.5 Å². The summed E-state index contributed by atoms with van der Waals surface area (Å²) in [5, 5.41) is 3.24. The van der Waals surface area contributed by atoms with Crippen LogP contribution in [0.15, 0.2) is 0 Å². The summed E-state index contributed by atoms with van der Waals surface area (Å²) in [6, 6.07) is 0.517.